The SMILES string of the molecule is Cc1ccc2nc(SCc3cc([N+](=O)[O-])cc([N+](=O)[O-])c3)[nH]c(=O)c2c1. The molecule has 2 aromatic carbocycles. The highest BCUT2D eigenvalue weighted by Gasteiger charge is 2.16. The summed E-state index contributed by atoms with van der Waals surface area (Å²) in [4.78, 5) is 39.7. The lowest BCUT2D eigenvalue weighted by Crippen LogP contribution is -2.09. The fourth-order valence-corrected chi connectivity index (χ4v) is 3.20. The van der Waals surface area contributed by atoms with Crippen molar-refractivity contribution in [2.75, 3.05) is 0 Å². The van der Waals surface area contributed by atoms with Crippen molar-refractivity contribution in [1.82, 2.24) is 9.97 Å². The van der Waals surface area contributed by atoms with Crippen molar-refractivity contribution >= 4 is 34.0 Å². The molecule has 0 aliphatic carbocycles. The van der Waals surface area contributed by atoms with Gasteiger partial charge in [-0.05, 0) is 24.6 Å². The van der Waals surface area contributed by atoms with E-state index in [9.17, 15) is 25.0 Å². The van der Waals surface area contributed by atoms with Crippen LogP contribution in [0, 0.1) is 27.2 Å². The third kappa shape index (κ3) is 3.70. The van der Waals surface area contributed by atoms with Crippen molar-refractivity contribution in [3.05, 3.63) is 78.1 Å². The van der Waals surface area contributed by atoms with Gasteiger partial charge in [-0.2, -0.15) is 0 Å². The number of rotatable bonds is 5. The third-order valence-corrected chi connectivity index (χ3v) is 4.54. The molecule has 0 saturated carbocycles. The number of nitrogens with zero attached hydrogens (tertiary/aromatic N) is 3. The Hall–Kier alpha value is -3.27. The summed E-state index contributed by atoms with van der Waals surface area (Å²) in [6, 6.07) is 8.76. The van der Waals surface area contributed by atoms with E-state index in [1.165, 1.54) is 12.1 Å². The average Bonchev–Trinajstić information content (AvgIpc) is 2.60. The predicted octanol–water partition coefficient (Wildman–Crippen LogP) is 3.34. The zero-order valence-electron chi connectivity index (χ0n) is 13.5. The van der Waals surface area contributed by atoms with Gasteiger partial charge in [-0.15, -0.1) is 0 Å². The maximum absolute atomic E-state index is 12.2. The molecule has 1 heterocycles. The van der Waals surface area contributed by atoms with E-state index in [0.29, 0.717) is 21.6 Å². The van der Waals surface area contributed by atoms with Crippen molar-refractivity contribution in [3.63, 3.8) is 0 Å². The van der Waals surface area contributed by atoms with Gasteiger partial charge in [0.15, 0.2) is 5.16 Å². The minimum absolute atomic E-state index is 0.183. The molecule has 132 valence electrons. The molecule has 0 aliphatic rings. The molecule has 1 N–H and O–H groups in total. The molecule has 0 amide bonds. The highest BCUT2D eigenvalue weighted by atomic mass is 32.2. The lowest BCUT2D eigenvalue weighted by Gasteiger charge is -2.04. The number of nitrogens with one attached hydrogen (secondary N) is 1. The standard InChI is InChI=1S/C16H12N4O5S/c1-9-2-3-14-13(4-9)15(21)18-16(17-14)26-8-10-5-11(19(22)23)7-12(6-10)20(24)25/h2-7H,8H2,1H3,(H,17,18,21). The predicted molar refractivity (Wildman–Crippen MR) is 96.4 cm³/mol. The molecule has 0 radical (unpaired) electrons. The molecule has 0 fully saturated rings. The van der Waals surface area contributed by atoms with Crippen molar-refractivity contribution in [1.29, 1.82) is 0 Å². The highest BCUT2D eigenvalue weighted by molar-refractivity contribution is 7.98. The topological polar surface area (TPSA) is 132 Å². The number of aryl methyl sites for hydroxylation is 1. The largest absolute Gasteiger partial charge is 0.301 e. The maximum atomic E-state index is 12.2. The van der Waals surface area contributed by atoms with Gasteiger partial charge in [0, 0.05) is 17.9 Å². The Morgan fingerprint density at radius 2 is 1.73 bits per heavy atom. The van der Waals surface area contributed by atoms with E-state index in [1.807, 2.05) is 13.0 Å². The Morgan fingerprint density at radius 3 is 2.35 bits per heavy atom. The van der Waals surface area contributed by atoms with Gasteiger partial charge in [-0.1, -0.05) is 23.4 Å². The smallest absolute Gasteiger partial charge is 0.276 e. The lowest BCUT2D eigenvalue weighted by atomic mass is 10.2. The molecule has 3 rings (SSSR count). The van der Waals surface area contributed by atoms with E-state index >= 15 is 0 Å². The number of hydrogen-bond acceptors (Lipinski definition) is 7. The van der Waals surface area contributed by atoms with Crippen LogP contribution in [0.5, 0.6) is 0 Å². The molecule has 26 heavy (non-hydrogen) atoms. The van der Waals surface area contributed by atoms with Gasteiger partial charge in [0.1, 0.15) is 0 Å². The first kappa shape index (κ1) is 17.5. The third-order valence-electron chi connectivity index (χ3n) is 3.60. The molecule has 0 unspecified atom stereocenters. The first-order valence-corrected chi connectivity index (χ1v) is 8.38. The summed E-state index contributed by atoms with van der Waals surface area (Å²) in [5, 5.41) is 22.7. The van der Waals surface area contributed by atoms with Crippen LogP contribution in [-0.4, -0.2) is 19.8 Å². The zero-order chi connectivity index (χ0) is 18.8. The molecule has 1 aromatic heterocycles. The highest BCUT2D eigenvalue weighted by Crippen LogP contribution is 2.27. The molecule has 0 aliphatic heterocycles. The number of H-pyrrole nitrogens is 1. The summed E-state index contributed by atoms with van der Waals surface area (Å²) in [6.07, 6.45) is 0. The quantitative estimate of drug-likeness (QED) is 0.314. The van der Waals surface area contributed by atoms with Crippen molar-refractivity contribution < 1.29 is 9.85 Å². The second-order valence-electron chi connectivity index (χ2n) is 5.55. The Bertz CT molecular complexity index is 1060. The van der Waals surface area contributed by atoms with Crippen LogP contribution < -0.4 is 5.56 Å². The van der Waals surface area contributed by atoms with Gasteiger partial charge >= 0.3 is 0 Å². The van der Waals surface area contributed by atoms with E-state index < -0.39 is 9.85 Å². The number of fused-ring (bicyclic) bond motifs is 1. The van der Waals surface area contributed by atoms with Gasteiger partial charge in [-0.25, -0.2) is 4.98 Å². The molecular weight excluding hydrogens is 360 g/mol. The van der Waals surface area contributed by atoms with Crippen LogP contribution in [0.4, 0.5) is 11.4 Å². The van der Waals surface area contributed by atoms with Gasteiger partial charge < -0.3 is 4.98 Å². The van der Waals surface area contributed by atoms with Crippen molar-refractivity contribution in [2.45, 2.75) is 17.8 Å². The molecule has 0 atom stereocenters. The van der Waals surface area contributed by atoms with E-state index in [-0.39, 0.29) is 22.7 Å². The van der Waals surface area contributed by atoms with E-state index in [1.54, 1.807) is 12.1 Å². The average molecular weight is 372 g/mol. The first-order chi connectivity index (χ1) is 12.3. The van der Waals surface area contributed by atoms with Crippen LogP contribution in [0.15, 0.2) is 46.3 Å². The maximum Gasteiger partial charge on any atom is 0.276 e. The van der Waals surface area contributed by atoms with E-state index in [0.717, 1.165) is 23.4 Å². The first-order valence-electron chi connectivity index (χ1n) is 7.40. The van der Waals surface area contributed by atoms with Crippen LogP contribution in [0.1, 0.15) is 11.1 Å². The number of aromatic nitrogens is 2. The number of nitro groups is 2. The second-order valence-corrected chi connectivity index (χ2v) is 6.52. The number of hydrogen-bond donors (Lipinski definition) is 1. The Kier molecular flexibility index (Phi) is 4.67. The normalized spacial score (nSPS) is 10.8. The van der Waals surface area contributed by atoms with E-state index in [4.69, 9.17) is 0 Å². The van der Waals surface area contributed by atoms with Gasteiger partial charge in [0.05, 0.1) is 26.8 Å². The summed E-state index contributed by atoms with van der Waals surface area (Å²) < 4.78 is 0. The second kappa shape index (κ2) is 6.92. The summed E-state index contributed by atoms with van der Waals surface area (Å²) >= 11 is 1.14. The van der Waals surface area contributed by atoms with E-state index in [2.05, 4.69) is 9.97 Å². The monoisotopic (exact) mass is 372 g/mol. The van der Waals surface area contributed by atoms with Crippen molar-refractivity contribution in [3.8, 4) is 0 Å². The van der Waals surface area contributed by atoms with Crippen LogP contribution in [0.2, 0.25) is 0 Å². The van der Waals surface area contributed by atoms with Gasteiger partial charge in [-0.3, -0.25) is 25.0 Å². The number of aromatic amines is 1. The fourth-order valence-electron chi connectivity index (χ4n) is 2.40. The molecular formula is C16H12N4O5S. The fraction of sp³-hybridized carbons (Fsp3) is 0.125. The van der Waals surface area contributed by atoms with Gasteiger partial charge in [0.25, 0.3) is 16.9 Å². The number of thioether (sulfide) groups is 1. The molecule has 0 spiro atoms. The lowest BCUT2D eigenvalue weighted by molar-refractivity contribution is -0.394. The van der Waals surface area contributed by atoms with Crippen LogP contribution >= 0.6 is 11.8 Å². The Labute approximate surface area is 150 Å². The minimum atomic E-state index is -0.681. The summed E-state index contributed by atoms with van der Waals surface area (Å²) in [7, 11) is 0. The van der Waals surface area contributed by atoms with Gasteiger partial charge in [0.2, 0.25) is 0 Å². The summed E-state index contributed by atoms with van der Waals surface area (Å²) in [5.74, 6) is 0.183. The molecule has 3 aromatic rings. The minimum Gasteiger partial charge on any atom is -0.301 e. The number of nitro benzene ring substituents is 2. The zero-order valence-corrected chi connectivity index (χ0v) is 14.3. The molecule has 9 nitrogen and oxygen atoms in total. The molecule has 0 bridgehead atoms. The van der Waals surface area contributed by atoms with Crippen molar-refractivity contribution in [2.24, 2.45) is 0 Å². The Morgan fingerprint density at radius 1 is 1.08 bits per heavy atom. The van der Waals surface area contributed by atoms with Crippen LogP contribution in [0.3, 0.4) is 0 Å². The molecule has 10 heteroatoms. The summed E-state index contributed by atoms with van der Waals surface area (Å²) in [6.45, 7) is 1.87. The molecule has 0 saturated heterocycles. The number of non-ortho nitro benzene ring substituents is 2. The Balaban J connectivity index is 1.90. The van der Waals surface area contributed by atoms with Crippen LogP contribution in [-0.2, 0) is 5.75 Å². The summed E-state index contributed by atoms with van der Waals surface area (Å²) in [5.41, 5.74) is 0.866. The van der Waals surface area contributed by atoms with Crippen LogP contribution in [0.25, 0.3) is 10.9 Å². The number of benzene rings is 2.